The lowest BCUT2D eigenvalue weighted by molar-refractivity contribution is -0.120. The van der Waals surface area contributed by atoms with Crippen LogP contribution >= 0.6 is 15.9 Å². The first kappa shape index (κ1) is 12.8. The van der Waals surface area contributed by atoms with E-state index in [2.05, 4.69) is 26.2 Å². The molecule has 0 aliphatic rings. The molecule has 0 radical (unpaired) electrons. The van der Waals surface area contributed by atoms with Gasteiger partial charge in [0.1, 0.15) is 5.69 Å². The van der Waals surface area contributed by atoms with Crippen LogP contribution in [0.1, 0.15) is 24.3 Å². The van der Waals surface area contributed by atoms with Crippen molar-refractivity contribution in [3.05, 3.63) is 28.5 Å². The molecule has 0 saturated heterocycles. The number of pyridine rings is 1. The van der Waals surface area contributed by atoms with Gasteiger partial charge in [0.2, 0.25) is 0 Å². The molecule has 0 bridgehead atoms. The Morgan fingerprint density at radius 3 is 2.75 bits per heavy atom. The Bertz CT molecular complexity index is 405. The summed E-state index contributed by atoms with van der Waals surface area (Å²) in [6, 6.07) is 3.45. The number of amides is 1. The van der Waals surface area contributed by atoms with E-state index in [1.807, 2.05) is 0 Å². The summed E-state index contributed by atoms with van der Waals surface area (Å²) in [7, 11) is 0. The Morgan fingerprint density at radius 2 is 2.19 bits per heavy atom. The third-order valence-electron chi connectivity index (χ3n) is 2.04. The molecule has 1 rings (SSSR count). The van der Waals surface area contributed by atoms with Crippen molar-refractivity contribution in [2.75, 3.05) is 6.54 Å². The van der Waals surface area contributed by atoms with Gasteiger partial charge in [0.15, 0.2) is 5.78 Å². The van der Waals surface area contributed by atoms with Crippen LogP contribution in [0.15, 0.2) is 22.8 Å². The summed E-state index contributed by atoms with van der Waals surface area (Å²) < 4.78 is 0.615. The van der Waals surface area contributed by atoms with Crippen LogP contribution in [0.2, 0.25) is 0 Å². The fourth-order valence-electron chi connectivity index (χ4n) is 1.01. The summed E-state index contributed by atoms with van der Waals surface area (Å²) in [5, 5.41) is 2.54. The van der Waals surface area contributed by atoms with Crippen molar-refractivity contribution in [2.45, 2.75) is 13.8 Å². The second-order valence-electron chi connectivity index (χ2n) is 3.64. The zero-order chi connectivity index (χ0) is 12.1. The van der Waals surface area contributed by atoms with E-state index in [1.165, 1.54) is 6.20 Å². The molecule has 0 unspecified atom stereocenters. The van der Waals surface area contributed by atoms with Gasteiger partial charge in [-0.05, 0) is 28.1 Å². The van der Waals surface area contributed by atoms with E-state index in [1.54, 1.807) is 26.0 Å². The first-order valence-corrected chi connectivity index (χ1v) is 5.73. The van der Waals surface area contributed by atoms with E-state index in [0.717, 1.165) is 0 Å². The van der Waals surface area contributed by atoms with E-state index >= 15 is 0 Å². The fourth-order valence-corrected chi connectivity index (χ4v) is 1.44. The number of ketones is 1. The van der Waals surface area contributed by atoms with Crippen LogP contribution < -0.4 is 5.32 Å². The average molecular weight is 285 g/mol. The summed E-state index contributed by atoms with van der Waals surface area (Å²) in [4.78, 5) is 26.9. The molecule has 0 spiro atoms. The topological polar surface area (TPSA) is 59.1 Å². The quantitative estimate of drug-likeness (QED) is 0.917. The Kier molecular flexibility index (Phi) is 4.61. The Labute approximate surface area is 103 Å². The molecule has 4 nitrogen and oxygen atoms in total. The first-order chi connectivity index (χ1) is 7.52. The maximum atomic E-state index is 11.6. The fraction of sp³-hybridized carbons (Fsp3) is 0.364. The minimum atomic E-state index is -0.346. The summed E-state index contributed by atoms with van der Waals surface area (Å²) in [6.45, 7) is 3.63. The predicted molar refractivity (Wildman–Crippen MR) is 64.1 cm³/mol. The SMILES string of the molecule is CC(C)C(=O)CNC(=O)c1ncccc1Br. The summed E-state index contributed by atoms with van der Waals surface area (Å²) in [5.74, 6) is -0.422. The van der Waals surface area contributed by atoms with E-state index in [0.29, 0.717) is 10.2 Å². The van der Waals surface area contributed by atoms with Crippen LogP contribution in [0.5, 0.6) is 0 Å². The van der Waals surface area contributed by atoms with Gasteiger partial charge in [-0.3, -0.25) is 9.59 Å². The molecule has 0 saturated carbocycles. The van der Waals surface area contributed by atoms with E-state index in [-0.39, 0.29) is 24.2 Å². The second-order valence-corrected chi connectivity index (χ2v) is 4.49. The smallest absolute Gasteiger partial charge is 0.271 e. The maximum Gasteiger partial charge on any atom is 0.271 e. The van der Waals surface area contributed by atoms with Gasteiger partial charge in [0, 0.05) is 16.6 Å². The highest BCUT2D eigenvalue weighted by Gasteiger charge is 2.13. The maximum absolute atomic E-state index is 11.6. The number of hydrogen-bond donors (Lipinski definition) is 1. The Hall–Kier alpha value is -1.23. The predicted octanol–water partition coefficient (Wildman–Crippen LogP) is 1.80. The number of aromatic nitrogens is 1. The summed E-state index contributed by atoms with van der Waals surface area (Å²) in [5.41, 5.74) is 0.291. The molecular weight excluding hydrogens is 272 g/mol. The lowest BCUT2D eigenvalue weighted by Gasteiger charge is -2.06. The first-order valence-electron chi connectivity index (χ1n) is 4.93. The largest absolute Gasteiger partial charge is 0.344 e. The monoisotopic (exact) mass is 284 g/mol. The van der Waals surface area contributed by atoms with Gasteiger partial charge >= 0.3 is 0 Å². The molecule has 0 fully saturated rings. The molecule has 5 heteroatoms. The molecule has 1 heterocycles. The normalized spacial score (nSPS) is 10.2. The van der Waals surface area contributed by atoms with Crippen molar-refractivity contribution < 1.29 is 9.59 Å². The van der Waals surface area contributed by atoms with Crippen LogP contribution in [0, 0.1) is 5.92 Å². The van der Waals surface area contributed by atoms with Crippen molar-refractivity contribution in [1.29, 1.82) is 0 Å². The Balaban J connectivity index is 2.60. The molecule has 86 valence electrons. The van der Waals surface area contributed by atoms with Gasteiger partial charge in [-0.1, -0.05) is 13.8 Å². The Morgan fingerprint density at radius 1 is 1.50 bits per heavy atom. The van der Waals surface area contributed by atoms with Gasteiger partial charge in [-0.15, -0.1) is 0 Å². The molecular formula is C11H13BrN2O2. The van der Waals surface area contributed by atoms with Gasteiger partial charge < -0.3 is 5.32 Å². The van der Waals surface area contributed by atoms with Crippen LogP contribution in [0.4, 0.5) is 0 Å². The lowest BCUT2D eigenvalue weighted by Crippen LogP contribution is -2.32. The van der Waals surface area contributed by atoms with Gasteiger partial charge in [-0.2, -0.15) is 0 Å². The number of halogens is 1. The zero-order valence-corrected chi connectivity index (χ0v) is 10.7. The molecule has 1 aromatic rings. The second kappa shape index (κ2) is 5.75. The van der Waals surface area contributed by atoms with Crippen molar-refractivity contribution >= 4 is 27.6 Å². The van der Waals surface area contributed by atoms with Crippen molar-refractivity contribution in [2.24, 2.45) is 5.92 Å². The van der Waals surface area contributed by atoms with Crippen LogP contribution in [-0.4, -0.2) is 23.2 Å². The van der Waals surface area contributed by atoms with Gasteiger partial charge in [-0.25, -0.2) is 4.98 Å². The zero-order valence-electron chi connectivity index (χ0n) is 9.16. The number of carbonyl (C=O) groups is 2. The van der Waals surface area contributed by atoms with Crippen molar-refractivity contribution in [3.8, 4) is 0 Å². The number of rotatable bonds is 4. The van der Waals surface area contributed by atoms with Gasteiger partial charge in [0.05, 0.1) is 6.54 Å². The molecule has 16 heavy (non-hydrogen) atoms. The number of carbonyl (C=O) groups excluding carboxylic acids is 2. The summed E-state index contributed by atoms with van der Waals surface area (Å²) in [6.07, 6.45) is 1.53. The molecule has 1 N–H and O–H groups in total. The molecule has 1 amide bonds. The standard InChI is InChI=1S/C11H13BrN2O2/c1-7(2)9(15)6-14-11(16)10-8(12)4-3-5-13-10/h3-5,7H,6H2,1-2H3,(H,14,16). The lowest BCUT2D eigenvalue weighted by atomic mass is 10.1. The van der Waals surface area contributed by atoms with Crippen LogP contribution in [0.3, 0.4) is 0 Å². The third-order valence-corrected chi connectivity index (χ3v) is 2.68. The minimum absolute atomic E-state index is 0.000374. The van der Waals surface area contributed by atoms with Crippen molar-refractivity contribution in [1.82, 2.24) is 10.3 Å². The number of Topliss-reactive ketones (excluding diaryl/α,β-unsaturated/α-hetero) is 1. The molecule has 1 aromatic heterocycles. The molecule has 0 aliphatic carbocycles. The highest BCUT2D eigenvalue weighted by atomic mass is 79.9. The number of nitrogens with one attached hydrogen (secondary N) is 1. The average Bonchev–Trinajstić information content (AvgIpc) is 2.25. The number of nitrogens with zero attached hydrogens (tertiary/aromatic N) is 1. The minimum Gasteiger partial charge on any atom is -0.344 e. The van der Waals surface area contributed by atoms with E-state index in [4.69, 9.17) is 0 Å². The number of hydrogen-bond acceptors (Lipinski definition) is 3. The van der Waals surface area contributed by atoms with Crippen LogP contribution in [-0.2, 0) is 4.79 Å². The van der Waals surface area contributed by atoms with Gasteiger partial charge in [0.25, 0.3) is 5.91 Å². The molecule has 0 aromatic carbocycles. The highest BCUT2D eigenvalue weighted by Crippen LogP contribution is 2.12. The van der Waals surface area contributed by atoms with E-state index < -0.39 is 0 Å². The van der Waals surface area contributed by atoms with Crippen molar-refractivity contribution in [3.63, 3.8) is 0 Å². The third kappa shape index (κ3) is 3.41. The van der Waals surface area contributed by atoms with Crippen LogP contribution in [0.25, 0.3) is 0 Å². The highest BCUT2D eigenvalue weighted by molar-refractivity contribution is 9.10. The van der Waals surface area contributed by atoms with E-state index in [9.17, 15) is 9.59 Å². The molecule has 0 atom stereocenters. The molecule has 0 aliphatic heterocycles. The summed E-state index contributed by atoms with van der Waals surface area (Å²) >= 11 is 3.22.